The van der Waals surface area contributed by atoms with Gasteiger partial charge in [0.15, 0.2) is 16.4 Å². The van der Waals surface area contributed by atoms with Crippen molar-refractivity contribution in [2.75, 3.05) is 25.1 Å². The average molecular weight is 485 g/mol. The van der Waals surface area contributed by atoms with E-state index in [0.29, 0.717) is 35.0 Å². The van der Waals surface area contributed by atoms with Crippen LogP contribution in [-0.2, 0) is 23.0 Å². The maximum Gasteiger partial charge on any atom is 0.270 e. The minimum atomic E-state index is -4.01. The first-order valence-corrected chi connectivity index (χ1v) is 12.6. The van der Waals surface area contributed by atoms with E-state index in [1.807, 2.05) is 48.5 Å². The maximum atomic E-state index is 13.4. The number of nitrogens with zero attached hydrogens (tertiary/aromatic N) is 1. The van der Waals surface area contributed by atoms with Gasteiger partial charge < -0.3 is 14.8 Å². The van der Waals surface area contributed by atoms with Crippen molar-refractivity contribution in [1.82, 2.24) is 5.32 Å². The molecule has 2 heterocycles. The average Bonchev–Trinajstić information content (AvgIpc) is 3.31. The second-order valence-corrected chi connectivity index (χ2v) is 10.1. The lowest BCUT2D eigenvalue weighted by Gasteiger charge is -2.29. The summed E-state index contributed by atoms with van der Waals surface area (Å²) in [6.07, 6.45) is 1.93. The van der Waals surface area contributed by atoms with Gasteiger partial charge in [0.05, 0.1) is 26.5 Å². The lowest BCUT2D eigenvalue weighted by Crippen LogP contribution is -2.38. The van der Waals surface area contributed by atoms with Crippen LogP contribution in [-0.4, -0.2) is 35.0 Å². The molecule has 0 unspecified atom stereocenters. The molecule has 172 valence electrons. The molecule has 33 heavy (non-hydrogen) atoms. The van der Waals surface area contributed by atoms with Crippen molar-refractivity contribution < 1.29 is 22.7 Å². The highest BCUT2D eigenvalue weighted by molar-refractivity contribution is 7.97. The van der Waals surface area contributed by atoms with Crippen molar-refractivity contribution in [3.63, 3.8) is 0 Å². The number of hydrogen-bond acceptors (Lipinski definition) is 7. The summed E-state index contributed by atoms with van der Waals surface area (Å²) in [5, 5.41) is 4.75. The first-order chi connectivity index (χ1) is 16.0. The standard InChI is InChI=1S/C24H24N2O5S2/c1-30-20-9-8-17(14-21(20)31-2)10-12-25-15-22-23(27)24-19(11-13-32-24)26(33(22,28)29)16-18-6-4-3-5-7-18/h3-9,11,13-15,25H,10,12,16H2,1-2H3/b22-15-. The number of thiophene rings is 1. The van der Waals surface area contributed by atoms with Crippen LogP contribution in [0.2, 0.25) is 0 Å². The molecular weight excluding hydrogens is 460 g/mol. The van der Waals surface area contributed by atoms with Crippen molar-refractivity contribution in [3.8, 4) is 11.5 Å². The molecule has 3 aromatic rings. The van der Waals surface area contributed by atoms with Gasteiger partial charge in [-0.2, -0.15) is 0 Å². The second-order valence-electron chi connectivity index (χ2n) is 7.36. The second kappa shape index (κ2) is 9.68. The number of fused-ring (bicyclic) bond motifs is 1. The van der Waals surface area contributed by atoms with E-state index in [0.717, 1.165) is 11.1 Å². The first-order valence-electron chi connectivity index (χ1n) is 10.3. The number of carbonyl (C=O) groups excluding carboxylic acids is 1. The molecule has 1 aromatic heterocycles. The van der Waals surface area contributed by atoms with Gasteiger partial charge in [-0.3, -0.25) is 9.10 Å². The summed E-state index contributed by atoms with van der Waals surface area (Å²) in [6, 6.07) is 16.6. The molecule has 0 atom stereocenters. The monoisotopic (exact) mass is 484 g/mol. The maximum absolute atomic E-state index is 13.4. The fourth-order valence-corrected chi connectivity index (χ4v) is 6.13. The third-order valence-electron chi connectivity index (χ3n) is 5.32. The molecule has 0 radical (unpaired) electrons. The van der Waals surface area contributed by atoms with E-state index in [1.165, 1.54) is 21.8 Å². The minimum Gasteiger partial charge on any atom is -0.493 e. The quantitative estimate of drug-likeness (QED) is 0.385. The molecule has 2 aromatic carbocycles. The van der Waals surface area contributed by atoms with Crippen LogP contribution < -0.4 is 19.1 Å². The lowest BCUT2D eigenvalue weighted by atomic mass is 10.1. The molecule has 9 heteroatoms. The van der Waals surface area contributed by atoms with Crippen LogP contribution in [0.25, 0.3) is 0 Å². The van der Waals surface area contributed by atoms with Gasteiger partial charge >= 0.3 is 0 Å². The molecule has 0 fully saturated rings. The Labute approximate surface area is 197 Å². The smallest absolute Gasteiger partial charge is 0.270 e. The molecule has 4 rings (SSSR count). The number of carbonyl (C=O) groups is 1. The van der Waals surface area contributed by atoms with Crippen molar-refractivity contribution >= 4 is 32.8 Å². The summed E-state index contributed by atoms with van der Waals surface area (Å²) in [5.74, 6) is 0.781. The molecule has 7 nitrogen and oxygen atoms in total. The fraction of sp³-hybridized carbons (Fsp3) is 0.208. The Morgan fingerprint density at radius 3 is 2.48 bits per heavy atom. The Bertz CT molecular complexity index is 1280. The number of sulfonamides is 1. The van der Waals surface area contributed by atoms with E-state index in [-0.39, 0.29) is 11.4 Å². The highest BCUT2D eigenvalue weighted by Crippen LogP contribution is 2.39. The van der Waals surface area contributed by atoms with E-state index < -0.39 is 15.8 Å². The van der Waals surface area contributed by atoms with Crippen LogP contribution in [0.5, 0.6) is 11.5 Å². The van der Waals surface area contributed by atoms with Gasteiger partial charge in [-0.05, 0) is 41.1 Å². The van der Waals surface area contributed by atoms with Crippen molar-refractivity contribution in [2.24, 2.45) is 0 Å². The number of ether oxygens (including phenoxy) is 2. The molecule has 1 aliphatic heterocycles. The molecule has 1 aliphatic rings. The van der Waals surface area contributed by atoms with Crippen LogP contribution >= 0.6 is 11.3 Å². The van der Waals surface area contributed by atoms with Crippen LogP contribution in [0.4, 0.5) is 5.69 Å². The van der Waals surface area contributed by atoms with E-state index in [2.05, 4.69) is 5.32 Å². The van der Waals surface area contributed by atoms with E-state index >= 15 is 0 Å². The molecule has 1 N–H and O–H groups in total. The minimum absolute atomic E-state index is 0.156. The Balaban J connectivity index is 1.54. The number of hydrogen-bond donors (Lipinski definition) is 1. The summed E-state index contributed by atoms with van der Waals surface area (Å²) in [6.45, 7) is 0.598. The molecule has 0 saturated carbocycles. The number of methoxy groups -OCH3 is 2. The summed E-state index contributed by atoms with van der Waals surface area (Å²) in [7, 11) is -0.858. The van der Waals surface area contributed by atoms with Crippen LogP contribution in [0, 0.1) is 0 Å². The number of nitrogens with one attached hydrogen (secondary N) is 1. The number of anilines is 1. The molecule has 0 aliphatic carbocycles. The summed E-state index contributed by atoms with van der Waals surface area (Å²) < 4.78 is 38.6. The highest BCUT2D eigenvalue weighted by atomic mass is 32.2. The zero-order chi connectivity index (χ0) is 23.4. The van der Waals surface area contributed by atoms with Gasteiger partial charge in [0.1, 0.15) is 4.88 Å². The lowest BCUT2D eigenvalue weighted by molar-refractivity contribution is 0.104. The Morgan fingerprint density at radius 2 is 1.76 bits per heavy atom. The third-order valence-corrected chi connectivity index (χ3v) is 7.99. The predicted molar refractivity (Wildman–Crippen MR) is 130 cm³/mol. The van der Waals surface area contributed by atoms with Gasteiger partial charge in [-0.25, -0.2) is 8.42 Å². The SMILES string of the molecule is COc1ccc(CCN/C=C2/C(=O)c3sccc3N(Cc3ccccc3)S2(=O)=O)cc1OC. The zero-order valence-corrected chi connectivity index (χ0v) is 19.9. The van der Waals surface area contributed by atoms with Crippen LogP contribution in [0.3, 0.4) is 0 Å². The Kier molecular flexibility index (Phi) is 6.71. The van der Waals surface area contributed by atoms with E-state index in [9.17, 15) is 13.2 Å². The Morgan fingerprint density at radius 1 is 1.00 bits per heavy atom. The summed E-state index contributed by atoms with van der Waals surface area (Å²) >= 11 is 1.25. The van der Waals surface area contributed by atoms with Gasteiger partial charge in [0.25, 0.3) is 10.0 Å². The van der Waals surface area contributed by atoms with E-state index in [4.69, 9.17) is 9.47 Å². The number of rotatable bonds is 8. The summed E-state index contributed by atoms with van der Waals surface area (Å²) in [5.41, 5.74) is 2.26. The molecule has 0 amide bonds. The first kappa shape index (κ1) is 22.9. The fourth-order valence-electron chi connectivity index (χ4n) is 3.62. The number of Topliss-reactive ketones (excluding diaryl/α,β-unsaturated/α-hetero) is 1. The number of allylic oxidation sites excluding steroid dienone is 1. The van der Waals surface area contributed by atoms with Crippen LogP contribution in [0.15, 0.2) is 71.1 Å². The predicted octanol–water partition coefficient (Wildman–Crippen LogP) is 3.97. The number of benzene rings is 2. The van der Waals surface area contributed by atoms with Gasteiger partial charge in [-0.15, -0.1) is 11.3 Å². The molecular formula is C24H24N2O5S2. The molecule has 0 bridgehead atoms. The Hall–Kier alpha value is -3.30. The molecule has 0 saturated heterocycles. The van der Waals surface area contributed by atoms with E-state index in [1.54, 1.807) is 25.7 Å². The van der Waals surface area contributed by atoms with Crippen LogP contribution in [0.1, 0.15) is 20.8 Å². The zero-order valence-electron chi connectivity index (χ0n) is 18.3. The molecule has 0 spiro atoms. The van der Waals surface area contributed by atoms with Gasteiger partial charge in [-0.1, -0.05) is 36.4 Å². The van der Waals surface area contributed by atoms with Crippen molar-refractivity contribution in [3.05, 3.63) is 87.1 Å². The van der Waals surface area contributed by atoms with Crippen molar-refractivity contribution in [2.45, 2.75) is 13.0 Å². The topological polar surface area (TPSA) is 84.9 Å². The van der Waals surface area contributed by atoms with Gasteiger partial charge in [0, 0.05) is 12.7 Å². The summed E-state index contributed by atoms with van der Waals surface area (Å²) in [4.78, 5) is 13.2. The normalized spacial score (nSPS) is 15.9. The third kappa shape index (κ3) is 4.60. The van der Waals surface area contributed by atoms with Gasteiger partial charge in [0.2, 0.25) is 5.78 Å². The van der Waals surface area contributed by atoms with Crippen molar-refractivity contribution in [1.29, 1.82) is 0 Å². The largest absolute Gasteiger partial charge is 0.493 e. The highest BCUT2D eigenvalue weighted by Gasteiger charge is 2.41. The number of ketones is 1.